The minimum atomic E-state index is -0.956. The number of hydrogen-bond acceptors (Lipinski definition) is 4. The Kier molecular flexibility index (Phi) is 9.12. The maximum atomic E-state index is 12.2. The highest BCUT2D eigenvalue weighted by molar-refractivity contribution is 5.88. The van der Waals surface area contributed by atoms with Crippen LogP contribution in [0.15, 0.2) is 61.2 Å². The molecular weight excluding hydrogens is 368 g/mol. The third-order valence-corrected chi connectivity index (χ3v) is 4.54. The topological polar surface area (TPSA) is 72.8 Å². The van der Waals surface area contributed by atoms with Gasteiger partial charge in [0.15, 0.2) is 6.10 Å². The molecule has 2 rings (SSSR count). The number of hydrogen-bond donors (Lipinski definition) is 1. The fourth-order valence-corrected chi connectivity index (χ4v) is 2.79. The van der Waals surface area contributed by atoms with E-state index >= 15 is 0 Å². The molecule has 2 aromatic carbocycles. The number of carboxylic acids is 1. The van der Waals surface area contributed by atoms with Gasteiger partial charge in [-0.1, -0.05) is 43.2 Å². The number of unbranched alkanes of at least 4 members (excludes halogenated alkanes) is 4. The number of carboxylic acid groups (broad SMARTS) is 1. The first-order valence-electron chi connectivity index (χ1n) is 9.89. The highest BCUT2D eigenvalue weighted by Gasteiger charge is 2.16. The van der Waals surface area contributed by atoms with Gasteiger partial charge in [-0.05, 0) is 61.6 Å². The summed E-state index contributed by atoms with van der Waals surface area (Å²) in [5, 5.41) is 8.96. The van der Waals surface area contributed by atoms with Crippen LogP contribution in [0.5, 0.6) is 5.75 Å². The molecule has 0 amide bonds. The lowest BCUT2D eigenvalue weighted by Crippen LogP contribution is -2.26. The predicted molar refractivity (Wildman–Crippen MR) is 113 cm³/mol. The summed E-state index contributed by atoms with van der Waals surface area (Å²) in [6.45, 7) is 5.94. The lowest BCUT2D eigenvalue weighted by molar-refractivity contribution is -0.146. The summed E-state index contributed by atoms with van der Waals surface area (Å²) in [5.74, 6) is -0.932. The van der Waals surface area contributed by atoms with E-state index in [9.17, 15) is 9.59 Å². The van der Waals surface area contributed by atoms with E-state index in [-0.39, 0.29) is 5.56 Å². The van der Waals surface area contributed by atoms with Gasteiger partial charge in [0.05, 0.1) is 5.56 Å². The molecule has 0 saturated heterocycles. The van der Waals surface area contributed by atoms with Crippen LogP contribution in [0.1, 0.15) is 49.4 Å². The Hall–Kier alpha value is -2.92. The molecule has 29 heavy (non-hydrogen) atoms. The van der Waals surface area contributed by atoms with Gasteiger partial charge in [0, 0.05) is 6.61 Å². The largest absolute Gasteiger partial charge is 0.478 e. The molecule has 0 aliphatic rings. The molecule has 0 aromatic heterocycles. The van der Waals surface area contributed by atoms with Crippen molar-refractivity contribution in [3.63, 3.8) is 0 Å². The second-order valence-corrected chi connectivity index (χ2v) is 6.83. The van der Waals surface area contributed by atoms with E-state index in [1.807, 2.05) is 18.2 Å². The fraction of sp³-hybridized carbons (Fsp3) is 0.333. The third-order valence-electron chi connectivity index (χ3n) is 4.54. The van der Waals surface area contributed by atoms with Crippen molar-refractivity contribution in [2.75, 3.05) is 6.61 Å². The van der Waals surface area contributed by atoms with Gasteiger partial charge in [0.1, 0.15) is 5.75 Å². The average molecular weight is 396 g/mol. The highest BCUT2D eigenvalue weighted by Crippen LogP contribution is 2.23. The molecule has 154 valence electrons. The van der Waals surface area contributed by atoms with Crippen LogP contribution in [0.3, 0.4) is 0 Å². The second kappa shape index (κ2) is 11.8. The van der Waals surface area contributed by atoms with E-state index in [4.69, 9.17) is 14.6 Å². The summed E-state index contributed by atoms with van der Waals surface area (Å²) in [4.78, 5) is 23.1. The first-order chi connectivity index (χ1) is 14.0. The summed E-state index contributed by atoms with van der Waals surface area (Å²) in [7, 11) is 0. The number of aromatic carboxylic acids is 1. The summed E-state index contributed by atoms with van der Waals surface area (Å²) in [5.41, 5.74) is 2.03. The van der Waals surface area contributed by atoms with Crippen LogP contribution in [0.25, 0.3) is 11.1 Å². The first-order valence-corrected chi connectivity index (χ1v) is 9.89. The molecule has 5 nitrogen and oxygen atoms in total. The summed E-state index contributed by atoms with van der Waals surface area (Å²) < 4.78 is 10.9. The number of allylic oxidation sites excluding steroid dienone is 1. The first kappa shape index (κ1) is 22.4. The maximum Gasteiger partial charge on any atom is 0.340 e. The lowest BCUT2D eigenvalue weighted by atomic mass is 10.0. The van der Waals surface area contributed by atoms with E-state index < -0.39 is 18.0 Å². The van der Waals surface area contributed by atoms with Gasteiger partial charge in [-0.3, -0.25) is 0 Å². The van der Waals surface area contributed by atoms with Gasteiger partial charge in [-0.2, -0.15) is 0 Å². The van der Waals surface area contributed by atoms with Crippen molar-refractivity contribution in [2.45, 2.75) is 45.1 Å². The molecule has 1 N–H and O–H groups in total. The normalized spacial score (nSPS) is 11.6. The summed E-state index contributed by atoms with van der Waals surface area (Å²) in [6.07, 6.45) is 6.62. The zero-order valence-electron chi connectivity index (χ0n) is 16.8. The molecule has 0 radical (unpaired) electrons. The molecule has 0 unspecified atom stereocenters. The number of esters is 1. The molecule has 5 heteroatoms. The molecule has 0 spiro atoms. The van der Waals surface area contributed by atoms with Crippen molar-refractivity contribution in [3.8, 4) is 16.9 Å². The van der Waals surface area contributed by atoms with Crippen molar-refractivity contribution in [2.24, 2.45) is 0 Å². The average Bonchev–Trinajstić information content (AvgIpc) is 2.73. The molecule has 0 saturated carbocycles. The number of carbonyl (C=O) groups excluding carboxylic acids is 1. The predicted octanol–water partition coefficient (Wildman–Crippen LogP) is 5.50. The van der Waals surface area contributed by atoms with E-state index in [2.05, 4.69) is 6.58 Å². The van der Waals surface area contributed by atoms with Gasteiger partial charge in [0.25, 0.3) is 0 Å². The van der Waals surface area contributed by atoms with Crippen molar-refractivity contribution >= 4 is 11.9 Å². The van der Waals surface area contributed by atoms with Gasteiger partial charge in [-0.25, -0.2) is 9.59 Å². The molecule has 0 aliphatic heterocycles. The van der Waals surface area contributed by atoms with Gasteiger partial charge in [-0.15, -0.1) is 6.58 Å². The Balaban J connectivity index is 1.78. The van der Waals surface area contributed by atoms with Crippen LogP contribution < -0.4 is 4.74 Å². The zero-order chi connectivity index (χ0) is 21.1. The van der Waals surface area contributed by atoms with Crippen LogP contribution in [-0.2, 0) is 9.53 Å². The van der Waals surface area contributed by atoms with Crippen LogP contribution >= 0.6 is 0 Å². The van der Waals surface area contributed by atoms with Crippen LogP contribution in [0.2, 0.25) is 0 Å². The lowest BCUT2D eigenvalue weighted by Gasteiger charge is -2.13. The highest BCUT2D eigenvalue weighted by atomic mass is 16.6. The Labute approximate surface area is 172 Å². The van der Waals surface area contributed by atoms with E-state index in [0.29, 0.717) is 12.4 Å². The standard InChI is InChI=1S/C24H28O5/c1-3-4-5-6-7-8-17-28-18(2)24(27)29-22-15-13-20(14-16-22)19-9-11-21(12-10-19)23(25)26/h3,9-16,18H,1,4-8,17H2,2H3,(H,25,26)/t18-/m1/s1. The maximum absolute atomic E-state index is 12.2. The van der Waals surface area contributed by atoms with Crippen molar-refractivity contribution in [1.82, 2.24) is 0 Å². The van der Waals surface area contributed by atoms with Crippen LogP contribution in [0, 0.1) is 0 Å². The minimum Gasteiger partial charge on any atom is -0.478 e. The van der Waals surface area contributed by atoms with Gasteiger partial charge in [0.2, 0.25) is 0 Å². The van der Waals surface area contributed by atoms with Crippen molar-refractivity contribution in [3.05, 3.63) is 66.7 Å². The molecule has 0 aliphatic carbocycles. The third kappa shape index (κ3) is 7.54. The molecular formula is C24H28O5. The monoisotopic (exact) mass is 396 g/mol. The molecule has 2 aromatic rings. The van der Waals surface area contributed by atoms with Crippen molar-refractivity contribution < 1.29 is 24.2 Å². The number of benzene rings is 2. The number of carbonyl (C=O) groups is 2. The number of rotatable bonds is 12. The van der Waals surface area contributed by atoms with E-state index in [1.165, 1.54) is 0 Å². The van der Waals surface area contributed by atoms with Gasteiger partial charge < -0.3 is 14.6 Å². The van der Waals surface area contributed by atoms with E-state index in [0.717, 1.165) is 43.2 Å². The van der Waals surface area contributed by atoms with Crippen LogP contribution in [0.4, 0.5) is 0 Å². The quantitative estimate of drug-likeness (QED) is 0.222. The minimum absolute atomic E-state index is 0.241. The SMILES string of the molecule is C=CCCCCCCO[C@H](C)C(=O)Oc1ccc(-c2ccc(C(=O)O)cc2)cc1. The van der Waals surface area contributed by atoms with Crippen molar-refractivity contribution in [1.29, 1.82) is 0 Å². The fourth-order valence-electron chi connectivity index (χ4n) is 2.79. The Bertz CT molecular complexity index is 793. The second-order valence-electron chi connectivity index (χ2n) is 6.83. The zero-order valence-corrected chi connectivity index (χ0v) is 16.8. The Morgan fingerprint density at radius 3 is 2.14 bits per heavy atom. The Morgan fingerprint density at radius 1 is 0.966 bits per heavy atom. The smallest absolute Gasteiger partial charge is 0.340 e. The molecule has 0 heterocycles. The van der Waals surface area contributed by atoms with E-state index in [1.54, 1.807) is 43.3 Å². The van der Waals surface area contributed by atoms with Crippen LogP contribution in [-0.4, -0.2) is 29.8 Å². The molecule has 0 fully saturated rings. The summed E-state index contributed by atoms with van der Waals surface area (Å²) in [6, 6.07) is 13.7. The summed E-state index contributed by atoms with van der Waals surface area (Å²) >= 11 is 0. The van der Waals surface area contributed by atoms with Gasteiger partial charge >= 0.3 is 11.9 Å². The molecule has 1 atom stereocenters. The Morgan fingerprint density at radius 2 is 1.55 bits per heavy atom. The number of ether oxygens (including phenoxy) is 2. The molecule has 0 bridgehead atoms.